The maximum Gasteiger partial charge on any atom is 0.267 e. The number of hydrogen-bond acceptors (Lipinski definition) is 3. The lowest BCUT2D eigenvalue weighted by Gasteiger charge is -2.49. The Morgan fingerprint density at radius 2 is 1.15 bits per heavy atom. The van der Waals surface area contributed by atoms with E-state index in [0.29, 0.717) is 0 Å². The van der Waals surface area contributed by atoms with Crippen molar-refractivity contribution >= 4 is 56.8 Å². The molecule has 0 spiro atoms. The lowest BCUT2D eigenvalue weighted by Crippen LogP contribution is -2.65. The van der Waals surface area contributed by atoms with E-state index in [9.17, 15) is 0 Å². The molecule has 0 bridgehead atoms. The van der Waals surface area contributed by atoms with Gasteiger partial charge < -0.3 is 14.5 Å². The molecule has 0 saturated carbocycles. The summed E-state index contributed by atoms with van der Waals surface area (Å²) in [5.41, 5.74) is 20.9. The van der Waals surface area contributed by atoms with Crippen LogP contribution in [0.15, 0.2) is 127 Å². The van der Waals surface area contributed by atoms with E-state index in [2.05, 4.69) is 234 Å². The van der Waals surface area contributed by atoms with Crippen molar-refractivity contribution in [1.29, 1.82) is 0 Å². The number of ether oxygens (including phenoxy) is 1. The molecule has 3 nitrogen and oxygen atoms in total. The van der Waals surface area contributed by atoms with Crippen LogP contribution in [0.4, 0.5) is 28.4 Å². The van der Waals surface area contributed by atoms with Gasteiger partial charge in [0.15, 0.2) is 0 Å². The number of anilines is 5. The molecule has 0 amide bonds. The topological polar surface area (TPSA) is 15.7 Å². The minimum atomic E-state index is -0.168. The van der Waals surface area contributed by atoms with Crippen molar-refractivity contribution in [2.75, 3.05) is 9.80 Å². The zero-order chi connectivity index (χ0) is 47.3. The number of nitrogens with zero attached hydrogens (tertiary/aromatic N) is 2. The molecule has 4 aliphatic rings. The first-order chi connectivity index (χ1) is 31.5. The van der Waals surface area contributed by atoms with E-state index < -0.39 is 0 Å². The summed E-state index contributed by atoms with van der Waals surface area (Å²) in [5, 5.41) is 2.54. The molecule has 3 heterocycles. The fourth-order valence-electron chi connectivity index (χ4n) is 12.1. The van der Waals surface area contributed by atoms with Gasteiger partial charge in [-0.25, -0.2) is 0 Å². The van der Waals surface area contributed by atoms with Crippen LogP contribution in [0.3, 0.4) is 0 Å². The van der Waals surface area contributed by atoms with Crippen molar-refractivity contribution in [2.45, 2.75) is 149 Å². The van der Waals surface area contributed by atoms with Gasteiger partial charge in [-0.1, -0.05) is 163 Å². The van der Waals surface area contributed by atoms with Gasteiger partial charge in [0.05, 0.1) is 11.7 Å². The molecule has 0 saturated heterocycles. The van der Waals surface area contributed by atoms with Gasteiger partial charge in [0.25, 0.3) is 6.71 Å². The normalized spacial score (nSPS) is 19.0. The molecule has 7 aromatic carbocycles. The van der Waals surface area contributed by atoms with Crippen LogP contribution in [-0.4, -0.2) is 12.7 Å². The van der Waals surface area contributed by atoms with Crippen LogP contribution in [0.2, 0.25) is 0 Å². The van der Waals surface area contributed by atoms with E-state index in [1.807, 2.05) is 0 Å². The second-order valence-electron chi connectivity index (χ2n) is 25.0. The lowest BCUT2D eigenvalue weighted by atomic mass is 9.32. The van der Waals surface area contributed by atoms with Crippen molar-refractivity contribution in [3.8, 4) is 16.9 Å². The SMILES string of the molecule is Cc1cc2c3c(c1)N(c1ccc(C(C)(C)C)cc1)C1c4cc(C(C)(C)C)ccc4OC1B3c1cc(C(C)(C)C)ccc1N2c1cc2c(cc1-c1cccc3ccccc13)C(C)(C)CCC2(C)C. The molecule has 11 rings (SSSR count). The summed E-state index contributed by atoms with van der Waals surface area (Å²) >= 11 is 0. The van der Waals surface area contributed by atoms with Crippen molar-refractivity contribution < 1.29 is 4.74 Å². The average Bonchev–Trinajstić information content (AvgIpc) is 3.65. The Morgan fingerprint density at radius 1 is 0.552 bits per heavy atom. The maximum absolute atomic E-state index is 7.52. The van der Waals surface area contributed by atoms with Gasteiger partial charge in [-0.05, 0) is 162 Å². The van der Waals surface area contributed by atoms with Crippen LogP contribution >= 0.6 is 0 Å². The first-order valence-electron chi connectivity index (χ1n) is 25.0. The van der Waals surface area contributed by atoms with Gasteiger partial charge in [-0.3, -0.25) is 0 Å². The third-order valence-corrected chi connectivity index (χ3v) is 16.2. The highest BCUT2D eigenvalue weighted by molar-refractivity contribution is 6.91. The van der Waals surface area contributed by atoms with Crippen LogP contribution < -0.4 is 25.5 Å². The predicted molar refractivity (Wildman–Crippen MR) is 287 cm³/mol. The predicted octanol–water partition coefficient (Wildman–Crippen LogP) is 15.6. The zero-order valence-electron chi connectivity index (χ0n) is 42.6. The fourth-order valence-corrected chi connectivity index (χ4v) is 12.1. The Balaban J connectivity index is 1.26. The second kappa shape index (κ2) is 14.6. The molecule has 67 heavy (non-hydrogen) atoms. The Kier molecular flexibility index (Phi) is 9.57. The first kappa shape index (κ1) is 43.8. The molecule has 0 aromatic heterocycles. The maximum atomic E-state index is 7.52. The van der Waals surface area contributed by atoms with Crippen LogP contribution in [0.25, 0.3) is 21.9 Å². The summed E-state index contributed by atoms with van der Waals surface area (Å²) in [6.45, 7) is 33.1. The van der Waals surface area contributed by atoms with E-state index in [1.165, 1.54) is 100 Å². The van der Waals surface area contributed by atoms with Gasteiger partial charge in [0.2, 0.25) is 0 Å². The van der Waals surface area contributed by atoms with Crippen molar-refractivity contribution in [3.05, 3.63) is 166 Å². The summed E-state index contributed by atoms with van der Waals surface area (Å²) in [6.07, 6.45) is 2.31. The Hall–Kier alpha value is -5.74. The molecule has 2 unspecified atom stereocenters. The Labute approximate surface area is 401 Å². The van der Waals surface area contributed by atoms with Gasteiger partial charge in [0.1, 0.15) is 11.8 Å². The van der Waals surface area contributed by atoms with E-state index in [4.69, 9.17) is 4.74 Å². The lowest BCUT2D eigenvalue weighted by molar-refractivity contribution is 0.282. The van der Waals surface area contributed by atoms with Gasteiger partial charge in [-0.15, -0.1) is 0 Å². The van der Waals surface area contributed by atoms with E-state index in [0.717, 1.165) is 18.6 Å². The molecule has 3 aliphatic heterocycles. The largest absolute Gasteiger partial charge is 0.495 e. The van der Waals surface area contributed by atoms with Gasteiger partial charge in [0, 0.05) is 33.9 Å². The standard InChI is InChI=1S/C63H69BN2O/c1-38-32-53-56-54(33-38)66(52-37-49-48(62(11,12)30-31-63(49,13)14)36-46(52)45-21-17-19-39-18-15-16-20-44(39)45)51-28-24-42(61(8,9)10)35-50(51)64(56)58-57(47-34-41(60(5,6)7)25-29-55(47)67-58)65(53)43-26-22-40(23-27-43)59(2,3)4/h15-29,32-37,57-58H,30-31H2,1-14H3. The number of aryl methyl sites for hydroxylation is 1. The zero-order valence-corrected chi connectivity index (χ0v) is 42.6. The van der Waals surface area contributed by atoms with Gasteiger partial charge >= 0.3 is 0 Å². The van der Waals surface area contributed by atoms with E-state index >= 15 is 0 Å². The molecule has 0 fully saturated rings. The number of benzene rings is 7. The summed E-state index contributed by atoms with van der Waals surface area (Å²) < 4.78 is 7.52. The first-order valence-corrected chi connectivity index (χ1v) is 25.0. The highest BCUT2D eigenvalue weighted by Crippen LogP contribution is 2.56. The number of rotatable bonds is 3. The van der Waals surface area contributed by atoms with E-state index in [-0.39, 0.29) is 45.8 Å². The minimum Gasteiger partial charge on any atom is -0.495 e. The molecule has 4 heteroatoms. The number of hydrogen-bond donors (Lipinski definition) is 0. The summed E-state index contributed by atoms with van der Waals surface area (Å²) in [5.74, 6) is 0.999. The highest BCUT2D eigenvalue weighted by Gasteiger charge is 2.56. The molecule has 0 radical (unpaired) electrons. The molecular formula is C63H69BN2O. The van der Waals surface area contributed by atoms with Crippen LogP contribution in [0, 0.1) is 6.92 Å². The third kappa shape index (κ3) is 6.89. The van der Waals surface area contributed by atoms with Crippen molar-refractivity contribution in [3.63, 3.8) is 0 Å². The van der Waals surface area contributed by atoms with Crippen LogP contribution in [-0.2, 0) is 27.1 Å². The van der Waals surface area contributed by atoms with Crippen LogP contribution in [0.1, 0.15) is 148 Å². The monoisotopic (exact) mass is 881 g/mol. The van der Waals surface area contributed by atoms with Crippen molar-refractivity contribution in [2.24, 2.45) is 0 Å². The van der Waals surface area contributed by atoms with Crippen molar-refractivity contribution in [1.82, 2.24) is 0 Å². The molecule has 340 valence electrons. The molecular weight excluding hydrogens is 812 g/mol. The number of fused-ring (bicyclic) bond motifs is 8. The smallest absolute Gasteiger partial charge is 0.267 e. The summed E-state index contributed by atoms with van der Waals surface area (Å²) in [6, 6.07) is 49.7. The van der Waals surface area contributed by atoms with E-state index in [1.54, 1.807) is 0 Å². The minimum absolute atomic E-state index is 0.0113. The summed E-state index contributed by atoms with van der Waals surface area (Å²) in [4.78, 5) is 5.35. The summed E-state index contributed by atoms with van der Waals surface area (Å²) in [7, 11) is 0. The molecule has 0 N–H and O–H groups in total. The Morgan fingerprint density at radius 3 is 1.84 bits per heavy atom. The molecule has 7 aromatic rings. The van der Waals surface area contributed by atoms with Gasteiger partial charge in [-0.2, -0.15) is 0 Å². The fraction of sp³-hybridized carbons (Fsp3) is 0.365. The highest BCUT2D eigenvalue weighted by atomic mass is 16.5. The molecule has 1 aliphatic carbocycles. The quantitative estimate of drug-likeness (QED) is 0.165. The average molecular weight is 881 g/mol. The Bertz CT molecular complexity index is 3150. The van der Waals surface area contributed by atoms with Crippen LogP contribution in [0.5, 0.6) is 5.75 Å². The second-order valence-corrected chi connectivity index (χ2v) is 25.0. The third-order valence-electron chi connectivity index (χ3n) is 16.2. The molecule has 2 atom stereocenters.